The lowest BCUT2D eigenvalue weighted by atomic mass is 10.2. The van der Waals surface area contributed by atoms with Gasteiger partial charge in [0.25, 0.3) is 0 Å². The molecule has 1 aliphatic heterocycles. The highest BCUT2D eigenvalue weighted by molar-refractivity contribution is 5.48. The Balaban J connectivity index is 2.00. The van der Waals surface area contributed by atoms with E-state index in [9.17, 15) is 0 Å². The molecule has 0 saturated carbocycles. The van der Waals surface area contributed by atoms with Gasteiger partial charge in [0.15, 0.2) is 5.76 Å². The lowest BCUT2D eigenvalue weighted by molar-refractivity contribution is 0.352. The summed E-state index contributed by atoms with van der Waals surface area (Å²) < 4.78 is 5.02. The summed E-state index contributed by atoms with van der Waals surface area (Å²) in [5.74, 6) is 0.879. The van der Waals surface area contributed by atoms with E-state index < -0.39 is 0 Å². The van der Waals surface area contributed by atoms with Crippen LogP contribution >= 0.6 is 0 Å². The Hall–Kier alpha value is -1.29. The van der Waals surface area contributed by atoms with Crippen molar-refractivity contribution in [1.82, 2.24) is 10.1 Å². The first kappa shape index (κ1) is 8.31. The Morgan fingerprint density at radius 1 is 1.62 bits per heavy atom. The predicted molar refractivity (Wildman–Crippen MR) is 49.6 cm³/mol. The minimum atomic E-state index is 0.737. The van der Waals surface area contributed by atoms with Crippen LogP contribution in [0.15, 0.2) is 16.9 Å². The molecule has 70 valence electrons. The third kappa shape index (κ3) is 1.72. The highest BCUT2D eigenvalue weighted by Crippen LogP contribution is 2.18. The van der Waals surface area contributed by atoms with Crippen molar-refractivity contribution in [3.05, 3.63) is 23.7 Å². The van der Waals surface area contributed by atoms with Crippen molar-refractivity contribution in [3.63, 3.8) is 0 Å². The maximum Gasteiger partial charge on any atom is 0.166 e. The van der Waals surface area contributed by atoms with Crippen molar-refractivity contribution in [2.45, 2.75) is 13.0 Å². The van der Waals surface area contributed by atoms with Crippen molar-refractivity contribution >= 4 is 6.08 Å². The van der Waals surface area contributed by atoms with Gasteiger partial charge in [0.2, 0.25) is 0 Å². The van der Waals surface area contributed by atoms with Gasteiger partial charge in [-0.25, -0.2) is 0 Å². The van der Waals surface area contributed by atoms with Crippen LogP contribution in [0.1, 0.15) is 17.7 Å². The van der Waals surface area contributed by atoms with Crippen LogP contribution in [0.4, 0.5) is 0 Å². The number of nitrogens with zero attached hydrogens (tertiary/aromatic N) is 2. The topological polar surface area (TPSA) is 55.3 Å². The number of fused-ring (bicyclic) bond motifs is 1. The molecular formula is C9H13N3O. The summed E-state index contributed by atoms with van der Waals surface area (Å²) in [5, 5.41) is 3.74. The van der Waals surface area contributed by atoms with Gasteiger partial charge >= 0.3 is 0 Å². The molecule has 0 fully saturated rings. The van der Waals surface area contributed by atoms with Crippen LogP contribution in [-0.2, 0) is 6.54 Å². The van der Waals surface area contributed by atoms with E-state index in [4.69, 9.17) is 10.3 Å². The Morgan fingerprint density at radius 3 is 3.38 bits per heavy atom. The van der Waals surface area contributed by atoms with E-state index in [2.05, 4.69) is 10.1 Å². The lowest BCUT2D eigenvalue weighted by Gasteiger charge is -2.21. The molecule has 0 aliphatic carbocycles. The molecule has 0 spiro atoms. The van der Waals surface area contributed by atoms with E-state index in [1.807, 2.05) is 12.3 Å². The first-order valence-electron chi connectivity index (χ1n) is 4.46. The molecule has 0 radical (unpaired) electrons. The Bertz CT molecular complexity index is 306. The average Bonchev–Trinajstić information content (AvgIpc) is 2.61. The summed E-state index contributed by atoms with van der Waals surface area (Å²) in [6, 6.07) is 0. The van der Waals surface area contributed by atoms with Crippen LogP contribution in [0.2, 0.25) is 0 Å². The standard InChI is InChI=1S/C9H13N3O/c10-3-1-4-12-5-2-9-8(7-12)6-11-13-9/h2,5-6H,1,3-4,7,10H2. The van der Waals surface area contributed by atoms with Crippen LogP contribution in [0.5, 0.6) is 0 Å². The molecule has 0 saturated heterocycles. The van der Waals surface area contributed by atoms with E-state index >= 15 is 0 Å². The summed E-state index contributed by atoms with van der Waals surface area (Å²) >= 11 is 0. The normalized spacial score (nSPS) is 14.7. The van der Waals surface area contributed by atoms with Gasteiger partial charge in [0.1, 0.15) is 0 Å². The summed E-state index contributed by atoms with van der Waals surface area (Å²) in [7, 11) is 0. The van der Waals surface area contributed by atoms with Gasteiger partial charge in [-0.1, -0.05) is 5.16 Å². The summed E-state index contributed by atoms with van der Waals surface area (Å²) in [4.78, 5) is 2.21. The van der Waals surface area contributed by atoms with Crippen molar-refractivity contribution in [2.75, 3.05) is 13.1 Å². The molecule has 0 amide bonds. The minimum absolute atomic E-state index is 0.737. The molecule has 4 nitrogen and oxygen atoms in total. The van der Waals surface area contributed by atoms with Crippen LogP contribution < -0.4 is 5.73 Å². The van der Waals surface area contributed by atoms with Crippen molar-refractivity contribution in [1.29, 1.82) is 0 Å². The maximum absolute atomic E-state index is 5.44. The second-order valence-corrected chi connectivity index (χ2v) is 3.14. The van der Waals surface area contributed by atoms with E-state index in [1.54, 1.807) is 6.20 Å². The average molecular weight is 179 g/mol. The highest BCUT2D eigenvalue weighted by Gasteiger charge is 2.12. The molecule has 4 heteroatoms. The maximum atomic E-state index is 5.44. The first-order chi connectivity index (χ1) is 6.40. The third-order valence-corrected chi connectivity index (χ3v) is 2.14. The fraction of sp³-hybridized carbons (Fsp3) is 0.444. The molecule has 1 aromatic rings. The van der Waals surface area contributed by atoms with Gasteiger partial charge in [0.05, 0.1) is 6.20 Å². The molecule has 2 rings (SSSR count). The zero-order valence-electron chi connectivity index (χ0n) is 7.44. The molecule has 0 aromatic carbocycles. The monoisotopic (exact) mass is 179 g/mol. The van der Waals surface area contributed by atoms with E-state index in [0.29, 0.717) is 0 Å². The van der Waals surface area contributed by atoms with Crippen LogP contribution in [0, 0.1) is 0 Å². The molecule has 2 N–H and O–H groups in total. The first-order valence-corrected chi connectivity index (χ1v) is 4.46. The van der Waals surface area contributed by atoms with Gasteiger partial charge in [-0.05, 0) is 19.0 Å². The zero-order valence-corrected chi connectivity index (χ0v) is 7.44. The summed E-state index contributed by atoms with van der Waals surface area (Å²) in [6.45, 7) is 2.62. The van der Waals surface area contributed by atoms with Crippen molar-refractivity contribution < 1.29 is 4.52 Å². The van der Waals surface area contributed by atoms with Crippen LogP contribution in [-0.4, -0.2) is 23.1 Å². The Morgan fingerprint density at radius 2 is 2.54 bits per heavy atom. The molecule has 0 bridgehead atoms. The van der Waals surface area contributed by atoms with E-state index in [1.165, 1.54) is 0 Å². The van der Waals surface area contributed by atoms with Crippen LogP contribution in [0.3, 0.4) is 0 Å². The molecule has 1 aliphatic rings. The van der Waals surface area contributed by atoms with E-state index in [0.717, 1.165) is 37.4 Å². The molecular weight excluding hydrogens is 166 g/mol. The number of hydrogen-bond donors (Lipinski definition) is 1. The summed E-state index contributed by atoms with van der Waals surface area (Å²) in [5.41, 5.74) is 6.59. The molecule has 0 atom stereocenters. The van der Waals surface area contributed by atoms with Gasteiger partial charge < -0.3 is 15.2 Å². The zero-order chi connectivity index (χ0) is 9.10. The number of nitrogens with two attached hydrogens (primary N) is 1. The lowest BCUT2D eigenvalue weighted by Crippen LogP contribution is -2.22. The second-order valence-electron chi connectivity index (χ2n) is 3.14. The van der Waals surface area contributed by atoms with E-state index in [-0.39, 0.29) is 0 Å². The smallest absolute Gasteiger partial charge is 0.166 e. The number of rotatable bonds is 3. The quantitative estimate of drug-likeness (QED) is 0.746. The number of aromatic nitrogens is 1. The van der Waals surface area contributed by atoms with Crippen molar-refractivity contribution in [2.24, 2.45) is 5.73 Å². The molecule has 13 heavy (non-hydrogen) atoms. The van der Waals surface area contributed by atoms with Crippen LogP contribution in [0.25, 0.3) is 6.08 Å². The fourth-order valence-electron chi connectivity index (χ4n) is 1.42. The third-order valence-electron chi connectivity index (χ3n) is 2.14. The number of hydrogen-bond acceptors (Lipinski definition) is 4. The Labute approximate surface area is 77.0 Å². The van der Waals surface area contributed by atoms with Gasteiger partial charge in [-0.2, -0.15) is 0 Å². The second kappa shape index (κ2) is 3.62. The SMILES string of the molecule is NCCCN1C=Cc2oncc2C1. The molecule has 0 unspecified atom stereocenters. The predicted octanol–water partition coefficient (Wildman–Crippen LogP) is 0.810. The highest BCUT2D eigenvalue weighted by atomic mass is 16.5. The molecule has 2 heterocycles. The van der Waals surface area contributed by atoms with Gasteiger partial charge in [-0.15, -0.1) is 0 Å². The van der Waals surface area contributed by atoms with Gasteiger partial charge in [0, 0.05) is 24.9 Å². The van der Waals surface area contributed by atoms with Crippen molar-refractivity contribution in [3.8, 4) is 0 Å². The minimum Gasteiger partial charge on any atom is -0.373 e. The van der Waals surface area contributed by atoms with Gasteiger partial charge in [-0.3, -0.25) is 0 Å². The largest absolute Gasteiger partial charge is 0.373 e. The molecule has 1 aromatic heterocycles. The fourth-order valence-corrected chi connectivity index (χ4v) is 1.42. The summed E-state index contributed by atoms with van der Waals surface area (Å²) in [6.07, 6.45) is 6.77. The Kier molecular flexibility index (Phi) is 2.31.